The van der Waals surface area contributed by atoms with E-state index in [0.29, 0.717) is 0 Å². The molecule has 2 N–H and O–H groups in total. The average molecular weight is 214 g/mol. The second-order valence-electron chi connectivity index (χ2n) is 4.82. The van der Waals surface area contributed by atoms with Gasteiger partial charge in [-0.1, -0.05) is 0 Å². The molecular weight excluding hydrogens is 192 g/mol. The predicted octanol–water partition coefficient (Wildman–Crippen LogP) is 0.668. The van der Waals surface area contributed by atoms with Crippen molar-refractivity contribution in [3.05, 3.63) is 0 Å². The first kappa shape index (κ1) is 12.5. The van der Waals surface area contributed by atoms with Gasteiger partial charge in [0.2, 0.25) is 5.91 Å². The number of likely N-dealkylation sites (N-methyl/N-ethyl adjacent to an activating group) is 1. The molecule has 1 aliphatic heterocycles. The third-order valence-electron chi connectivity index (χ3n) is 2.87. The molecule has 0 aromatic carbocycles. The van der Waals surface area contributed by atoms with E-state index in [-0.39, 0.29) is 23.6 Å². The first-order valence-electron chi connectivity index (χ1n) is 5.56. The molecule has 0 spiro atoms. The Morgan fingerprint density at radius 3 is 2.73 bits per heavy atom. The van der Waals surface area contributed by atoms with Gasteiger partial charge < -0.3 is 15.4 Å². The van der Waals surface area contributed by atoms with Crippen LogP contribution in [0.3, 0.4) is 0 Å². The van der Waals surface area contributed by atoms with Gasteiger partial charge in [0, 0.05) is 12.6 Å². The van der Waals surface area contributed by atoms with Crippen LogP contribution in [0.15, 0.2) is 0 Å². The molecule has 0 aliphatic carbocycles. The van der Waals surface area contributed by atoms with E-state index in [9.17, 15) is 4.79 Å². The number of ether oxygens (including phenoxy) is 1. The van der Waals surface area contributed by atoms with Gasteiger partial charge >= 0.3 is 0 Å². The van der Waals surface area contributed by atoms with Crippen LogP contribution < -0.4 is 10.6 Å². The van der Waals surface area contributed by atoms with Gasteiger partial charge in [0.15, 0.2) is 0 Å². The van der Waals surface area contributed by atoms with Crippen molar-refractivity contribution >= 4 is 5.91 Å². The van der Waals surface area contributed by atoms with Crippen molar-refractivity contribution < 1.29 is 9.53 Å². The predicted molar refractivity (Wildman–Crippen MR) is 59.7 cm³/mol. The zero-order valence-electron chi connectivity index (χ0n) is 10.1. The highest BCUT2D eigenvalue weighted by Crippen LogP contribution is 2.23. The van der Waals surface area contributed by atoms with Crippen LogP contribution in [0.25, 0.3) is 0 Å². The van der Waals surface area contributed by atoms with Gasteiger partial charge in [-0.15, -0.1) is 0 Å². The summed E-state index contributed by atoms with van der Waals surface area (Å²) in [6.07, 6.45) is 1.79. The molecule has 2 atom stereocenters. The van der Waals surface area contributed by atoms with E-state index in [1.807, 2.05) is 6.92 Å². The lowest BCUT2D eigenvalue weighted by molar-refractivity contribution is -0.125. The fourth-order valence-electron chi connectivity index (χ4n) is 1.81. The lowest BCUT2D eigenvalue weighted by Crippen LogP contribution is -2.50. The van der Waals surface area contributed by atoms with Crippen molar-refractivity contribution in [2.75, 3.05) is 13.7 Å². The molecule has 1 amide bonds. The Morgan fingerprint density at radius 1 is 1.53 bits per heavy atom. The molecule has 0 saturated carbocycles. The Morgan fingerprint density at radius 2 is 2.20 bits per heavy atom. The van der Waals surface area contributed by atoms with Crippen LogP contribution in [0.2, 0.25) is 0 Å². The molecule has 1 saturated heterocycles. The Kier molecular flexibility index (Phi) is 4.11. The normalized spacial score (nSPS) is 27.1. The molecular formula is C11H22N2O2. The summed E-state index contributed by atoms with van der Waals surface area (Å²) in [5.41, 5.74) is -0.112. The van der Waals surface area contributed by atoms with Crippen LogP contribution in [0, 0.1) is 0 Å². The first-order chi connectivity index (χ1) is 6.94. The number of hydrogen-bond acceptors (Lipinski definition) is 3. The zero-order chi connectivity index (χ0) is 11.5. The van der Waals surface area contributed by atoms with Gasteiger partial charge in [0.25, 0.3) is 0 Å². The molecule has 0 radical (unpaired) electrons. The number of rotatable bonds is 3. The van der Waals surface area contributed by atoms with E-state index >= 15 is 0 Å². The zero-order valence-corrected chi connectivity index (χ0v) is 10.1. The highest BCUT2D eigenvalue weighted by molar-refractivity contribution is 5.81. The number of nitrogens with one attached hydrogen (secondary N) is 2. The van der Waals surface area contributed by atoms with E-state index in [1.165, 1.54) is 0 Å². The van der Waals surface area contributed by atoms with Gasteiger partial charge in [-0.3, -0.25) is 4.79 Å². The summed E-state index contributed by atoms with van der Waals surface area (Å²) >= 11 is 0. The van der Waals surface area contributed by atoms with Crippen molar-refractivity contribution in [1.82, 2.24) is 10.6 Å². The van der Waals surface area contributed by atoms with Crippen molar-refractivity contribution in [2.24, 2.45) is 0 Å². The summed E-state index contributed by atoms with van der Waals surface area (Å²) < 4.78 is 5.60. The van der Waals surface area contributed by atoms with Crippen molar-refractivity contribution in [2.45, 2.75) is 51.3 Å². The van der Waals surface area contributed by atoms with Crippen molar-refractivity contribution in [3.8, 4) is 0 Å². The van der Waals surface area contributed by atoms with Gasteiger partial charge in [-0.05, 0) is 40.7 Å². The van der Waals surface area contributed by atoms with Crippen LogP contribution in [-0.2, 0) is 9.53 Å². The number of carbonyl (C=O) groups is 1. The van der Waals surface area contributed by atoms with E-state index in [2.05, 4.69) is 24.5 Å². The van der Waals surface area contributed by atoms with Crippen LogP contribution >= 0.6 is 0 Å². The summed E-state index contributed by atoms with van der Waals surface area (Å²) in [5, 5.41) is 5.98. The smallest absolute Gasteiger partial charge is 0.237 e. The SMILES string of the molecule is CNC(C)C(=O)NC1CCOC(C)(C)C1. The molecule has 2 unspecified atom stereocenters. The molecule has 88 valence electrons. The third kappa shape index (κ3) is 3.80. The van der Waals surface area contributed by atoms with E-state index in [0.717, 1.165) is 19.4 Å². The molecule has 0 aromatic rings. The number of hydrogen-bond donors (Lipinski definition) is 2. The molecule has 1 fully saturated rings. The molecule has 15 heavy (non-hydrogen) atoms. The minimum atomic E-state index is -0.129. The van der Waals surface area contributed by atoms with E-state index in [4.69, 9.17) is 4.74 Å². The van der Waals surface area contributed by atoms with Crippen LogP contribution in [-0.4, -0.2) is 37.2 Å². The highest BCUT2D eigenvalue weighted by Gasteiger charge is 2.30. The molecule has 4 nitrogen and oxygen atoms in total. The van der Waals surface area contributed by atoms with Gasteiger partial charge in [0.05, 0.1) is 11.6 Å². The minimum Gasteiger partial charge on any atom is -0.375 e. The monoisotopic (exact) mass is 214 g/mol. The largest absolute Gasteiger partial charge is 0.375 e. The Balaban J connectivity index is 2.41. The Bertz CT molecular complexity index is 229. The van der Waals surface area contributed by atoms with Gasteiger partial charge in [-0.25, -0.2) is 0 Å². The highest BCUT2D eigenvalue weighted by atomic mass is 16.5. The van der Waals surface area contributed by atoms with Crippen molar-refractivity contribution in [1.29, 1.82) is 0 Å². The molecule has 0 aromatic heterocycles. The maximum atomic E-state index is 11.6. The van der Waals surface area contributed by atoms with Crippen LogP contribution in [0.4, 0.5) is 0 Å². The topological polar surface area (TPSA) is 50.4 Å². The minimum absolute atomic E-state index is 0.0696. The first-order valence-corrected chi connectivity index (χ1v) is 5.56. The number of carbonyl (C=O) groups excluding carboxylic acids is 1. The van der Waals surface area contributed by atoms with Gasteiger partial charge in [-0.2, -0.15) is 0 Å². The van der Waals surface area contributed by atoms with Gasteiger partial charge in [0.1, 0.15) is 0 Å². The fourth-order valence-corrected chi connectivity index (χ4v) is 1.81. The molecule has 0 bridgehead atoms. The molecule has 1 aliphatic rings. The lowest BCUT2D eigenvalue weighted by Gasteiger charge is -2.36. The number of amides is 1. The van der Waals surface area contributed by atoms with E-state index < -0.39 is 0 Å². The summed E-state index contributed by atoms with van der Waals surface area (Å²) in [6, 6.07) is 0.119. The second kappa shape index (κ2) is 4.94. The summed E-state index contributed by atoms with van der Waals surface area (Å²) in [4.78, 5) is 11.6. The molecule has 1 rings (SSSR count). The molecule has 1 heterocycles. The standard InChI is InChI=1S/C11H22N2O2/c1-8(12-4)10(14)13-9-5-6-15-11(2,3)7-9/h8-9,12H,5-7H2,1-4H3,(H,13,14). The quantitative estimate of drug-likeness (QED) is 0.726. The Labute approximate surface area is 91.8 Å². The summed E-state index contributed by atoms with van der Waals surface area (Å²) in [6.45, 7) is 6.71. The second-order valence-corrected chi connectivity index (χ2v) is 4.82. The summed E-state index contributed by atoms with van der Waals surface area (Å²) in [7, 11) is 1.79. The maximum absolute atomic E-state index is 11.6. The third-order valence-corrected chi connectivity index (χ3v) is 2.87. The van der Waals surface area contributed by atoms with Crippen LogP contribution in [0.1, 0.15) is 33.6 Å². The maximum Gasteiger partial charge on any atom is 0.237 e. The average Bonchev–Trinajstić information content (AvgIpc) is 2.14. The molecule has 4 heteroatoms. The fraction of sp³-hybridized carbons (Fsp3) is 0.909. The summed E-state index contributed by atoms with van der Waals surface area (Å²) in [5.74, 6) is 0.0696. The lowest BCUT2D eigenvalue weighted by atomic mass is 9.94. The van der Waals surface area contributed by atoms with Crippen molar-refractivity contribution in [3.63, 3.8) is 0 Å². The van der Waals surface area contributed by atoms with Crippen LogP contribution in [0.5, 0.6) is 0 Å². The Hall–Kier alpha value is -0.610. The van der Waals surface area contributed by atoms with E-state index in [1.54, 1.807) is 7.05 Å².